The molecule has 0 spiro atoms. The minimum Gasteiger partial charge on any atom is -0.248 e. The van der Waals surface area contributed by atoms with Gasteiger partial charge >= 0.3 is 0 Å². The van der Waals surface area contributed by atoms with Crippen LogP contribution in [-0.2, 0) is 0 Å². The van der Waals surface area contributed by atoms with Crippen LogP contribution in [0.1, 0.15) is 19.8 Å². The van der Waals surface area contributed by atoms with E-state index in [4.69, 9.17) is 0 Å². The van der Waals surface area contributed by atoms with E-state index in [1.54, 1.807) is 0 Å². The van der Waals surface area contributed by atoms with Gasteiger partial charge in [-0.1, -0.05) is 0 Å². The maximum Gasteiger partial charge on any atom is 0.106 e. The minimum atomic E-state index is 0.893. The van der Waals surface area contributed by atoms with Crippen molar-refractivity contribution in [1.82, 2.24) is 5.43 Å². The molecule has 1 N–H and O–H groups in total. The van der Waals surface area contributed by atoms with Gasteiger partial charge in [0.2, 0.25) is 0 Å². The first-order chi connectivity index (χ1) is 4.17. The van der Waals surface area contributed by atoms with E-state index in [-0.39, 0.29) is 0 Å². The summed E-state index contributed by atoms with van der Waals surface area (Å²) in [4.78, 5) is 0. The van der Waals surface area contributed by atoms with Crippen molar-refractivity contribution in [2.75, 3.05) is 20.6 Å². The SMILES string of the molecule is CCN[N+](C)(C)C1CC1. The molecule has 1 rings (SSSR count). The van der Waals surface area contributed by atoms with Crippen molar-refractivity contribution in [2.45, 2.75) is 25.8 Å². The molecule has 0 aromatic rings. The summed E-state index contributed by atoms with van der Waals surface area (Å²) < 4.78 is 1.01. The largest absolute Gasteiger partial charge is 0.248 e. The van der Waals surface area contributed by atoms with E-state index in [0.29, 0.717) is 0 Å². The number of hydrogen-bond donors (Lipinski definition) is 1. The summed E-state index contributed by atoms with van der Waals surface area (Å²) in [6, 6.07) is 0.893. The van der Waals surface area contributed by atoms with Crippen molar-refractivity contribution in [1.29, 1.82) is 0 Å². The van der Waals surface area contributed by atoms with Crippen molar-refractivity contribution >= 4 is 0 Å². The van der Waals surface area contributed by atoms with Crippen LogP contribution in [0.15, 0.2) is 0 Å². The molecule has 0 atom stereocenters. The van der Waals surface area contributed by atoms with E-state index in [9.17, 15) is 0 Å². The summed E-state index contributed by atoms with van der Waals surface area (Å²) in [6.45, 7) is 3.23. The Kier molecular flexibility index (Phi) is 1.78. The van der Waals surface area contributed by atoms with Gasteiger partial charge in [-0.25, -0.2) is 4.59 Å². The molecule has 0 bridgehead atoms. The number of nitrogens with one attached hydrogen (secondary N) is 1. The summed E-state index contributed by atoms with van der Waals surface area (Å²) in [5.41, 5.74) is 3.42. The van der Waals surface area contributed by atoms with Crippen molar-refractivity contribution in [3.8, 4) is 0 Å². The Bertz CT molecular complexity index is 95.1. The molecule has 0 radical (unpaired) electrons. The second-order valence-electron chi connectivity index (χ2n) is 3.28. The highest BCUT2D eigenvalue weighted by Crippen LogP contribution is 2.28. The summed E-state index contributed by atoms with van der Waals surface area (Å²) in [5, 5.41) is 0. The highest BCUT2D eigenvalue weighted by Gasteiger charge is 2.38. The van der Waals surface area contributed by atoms with Gasteiger partial charge in [-0.05, 0) is 6.92 Å². The fourth-order valence-corrected chi connectivity index (χ4v) is 1.26. The monoisotopic (exact) mass is 129 g/mol. The van der Waals surface area contributed by atoms with Crippen LogP contribution in [0.5, 0.6) is 0 Å². The summed E-state index contributed by atoms with van der Waals surface area (Å²) in [7, 11) is 4.47. The van der Waals surface area contributed by atoms with Gasteiger partial charge < -0.3 is 0 Å². The maximum atomic E-state index is 3.42. The molecule has 0 aromatic heterocycles. The molecule has 0 saturated heterocycles. The Labute approximate surface area is 57.4 Å². The zero-order chi connectivity index (χ0) is 6.91. The first kappa shape index (κ1) is 7.03. The number of quaternary nitrogens is 1. The van der Waals surface area contributed by atoms with Gasteiger partial charge in [-0.3, -0.25) is 0 Å². The van der Waals surface area contributed by atoms with Crippen LogP contribution in [0.25, 0.3) is 0 Å². The number of rotatable bonds is 3. The first-order valence-corrected chi connectivity index (χ1v) is 3.75. The lowest BCUT2D eigenvalue weighted by Gasteiger charge is -2.28. The van der Waals surface area contributed by atoms with Crippen molar-refractivity contribution < 1.29 is 4.59 Å². The Hall–Kier alpha value is -0.0800. The molecule has 0 heterocycles. The Morgan fingerprint density at radius 3 is 2.33 bits per heavy atom. The van der Waals surface area contributed by atoms with Crippen LogP contribution in [0.2, 0.25) is 0 Å². The second kappa shape index (κ2) is 2.27. The lowest BCUT2D eigenvalue weighted by Crippen LogP contribution is -2.53. The molecule has 1 aliphatic carbocycles. The topological polar surface area (TPSA) is 12.0 Å². The van der Waals surface area contributed by atoms with Crippen LogP contribution in [-0.4, -0.2) is 31.3 Å². The molecule has 0 aromatic carbocycles. The summed E-state index contributed by atoms with van der Waals surface area (Å²) >= 11 is 0. The molecule has 2 heteroatoms. The summed E-state index contributed by atoms with van der Waals surface area (Å²) in [5.74, 6) is 0. The average Bonchev–Trinajstić information content (AvgIpc) is 2.41. The zero-order valence-electron chi connectivity index (χ0n) is 6.65. The predicted octanol–water partition coefficient (Wildman–Crippen LogP) is 0.750. The number of nitrogens with zero attached hydrogens (tertiary/aromatic N) is 1. The third-order valence-electron chi connectivity index (χ3n) is 2.03. The third kappa shape index (κ3) is 1.66. The van der Waals surface area contributed by atoms with Crippen LogP contribution in [0, 0.1) is 0 Å². The zero-order valence-corrected chi connectivity index (χ0v) is 6.65. The van der Waals surface area contributed by atoms with E-state index < -0.39 is 0 Å². The van der Waals surface area contributed by atoms with Crippen LogP contribution in [0.4, 0.5) is 0 Å². The van der Waals surface area contributed by atoms with Gasteiger partial charge in [0.15, 0.2) is 0 Å². The fourth-order valence-electron chi connectivity index (χ4n) is 1.26. The molecular weight excluding hydrogens is 112 g/mol. The smallest absolute Gasteiger partial charge is 0.106 e. The predicted molar refractivity (Wildman–Crippen MR) is 38.8 cm³/mol. The van der Waals surface area contributed by atoms with E-state index in [2.05, 4.69) is 26.4 Å². The van der Waals surface area contributed by atoms with Crippen molar-refractivity contribution in [2.24, 2.45) is 0 Å². The number of hydrogen-bond acceptors (Lipinski definition) is 1. The van der Waals surface area contributed by atoms with E-state index in [0.717, 1.165) is 17.2 Å². The highest BCUT2D eigenvalue weighted by atomic mass is 15.7. The van der Waals surface area contributed by atoms with Gasteiger partial charge in [0.05, 0.1) is 14.1 Å². The molecular formula is C7H17N2+. The van der Waals surface area contributed by atoms with Gasteiger partial charge in [-0.15, -0.1) is 0 Å². The van der Waals surface area contributed by atoms with Gasteiger partial charge in [0, 0.05) is 19.4 Å². The van der Waals surface area contributed by atoms with Gasteiger partial charge in [-0.2, -0.15) is 5.43 Å². The van der Waals surface area contributed by atoms with E-state index >= 15 is 0 Å². The Morgan fingerprint density at radius 2 is 2.00 bits per heavy atom. The maximum absolute atomic E-state index is 3.42. The van der Waals surface area contributed by atoms with Gasteiger partial charge in [0.1, 0.15) is 6.04 Å². The molecule has 0 unspecified atom stereocenters. The lowest BCUT2D eigenvalue weighted by atomic mass is 10.6. The molecule has 0 amide bonds. The molecule has 1 saturated carbocycles. The second-order valence-corrected chi connectivity index (χ2v) is 3.28. The fraction of sp³-hybridized carbons (Fsp3) is 1.00. The van der Waals surface area contributed by atoms with Crippen molar-refractivity contribution in [3.63, 3.8) is 0 Å². The quantitative estimate of drug-likeness (QED) is 0.438. The molecule has 2 nitrogen and oxygen atoms in total. The highest BCUT2D eigenvalue weighted by molar-refractivity contribution is 4.72. The van der Waals surface area contributed by atoms with Crippen LogP contribution >= 0.6 is 0 Å². The van der Waals surface area contributed by atoms with Gasteiger partial charge in [0.25, 0.3) is 0 Å². The van der Waals surface area contributed by atoms with E-state index in [1.165, 1.54) is 12.8 Å². The molecule has 9 heavy (non-hydrogen) atoms. The Balaban J connectivity index is 2.30. The lowest BCUT2D eigenvalue weighted by molar-refractivity contribution is -0.944. The molecule has 1 fully saturated rings. The average molecular weight is 129 g/mol. The summed E-state index contributed by atoms with van der Waals surface area (Å²) in [6.07, 6.45) is 2.81. The van der Waals surface area contributed by atoms with E-state index in [1.807, 2.05) is 0 Å². The molecule has 0 aliphatic heterocycles. The third-order valence-corrected chi connectivity index (χ3v) is 2.03. The Morgan fingerprint density at radius 1 is 1.44 bits per heavy atom. The van der Waals surface area contributed by atoms with Crippen molar-refractivity contribution in [3.05, 3.63) is 0 Å². The first-order valence-electron chi connectivity index (χ1n) is 3.75. The molecule has 1 aliphatic rings. The molecule has 54 valence electrons. The standard InChI is InChI=1S/C7H17N2/c1-4-8-9(2,3)7-5-6-7/h7-8H,4-6H2,1-3H3/q+1. The normalized spacial score (nSPS) is 20.3. The van der Waals surface area contributed by atoms with Crippen LogP contribution < -0.4 is 5.43 Å². The van der Waals surface area contributed by atoms with Crippen LogP contribution in [0.3, 0.4) is 0 Å². The minimum absolute atomic E-state index is 0.893.